The van der Waals surface area contributed by atoms with Crippen LogP contribution >= 0.6 is 0 Å². The Morgan fingerprint density at radius 1 is 1.11 bits per heavy atom. The van der Waals surface area contributed by atoms with E-state index in [1.54, 1.807) is 12.3 Å². The molecule has 3 aliphatic rings. The average Bonchev–Trinajstić information content (AvgIpc) is 3.53. The van der Waals surface area contributed by atoms with Crippen molar-refractivity contribution in [1.82, 2.24) is 25.2 Å². The Morgan fingerprint density at radius 2 is 1.92 bits per heavy atom. The van der Waals surface area contributed by atoms with Gasteiger partial charge in [-0.05, 0) is 42.7 Å². The number of ether oxygens (including phenoxy) is 1. The van der Waals surface area contributed by atoms with Crippen molar-refractivity contribution in [2.24, 2.45) is 0 Å². The van der Waals surface area contributed by atoms with E-state index in [0.29, 0.717) is 55.9 Å². The number of carbonyl (C=O) groups excluding carboxylic acids is 1. The van der Waals surface area contributed by atoms with E-state index < -0.39 is 17.4 Å². The first kappa shape index (κ1) is 24.6. The second-order valence-electron chi connectivity index (χ2n) is 9.64. The predicted octanol–water partition coefficient (Wildman–Crippen LogP) is 3.20. The van der Waals surface area contributed by atoms with Crippen LogP contribution in [0.15, 0.2) is 41.1 Å². The number of anilines is 3. The molecule has 6 rings (SSSR count). The third kappa shape index (κ3) is 4.90. The minimum atomic E-state index is -4.58. The molecule has 200 valence electrons. The van der Waals surface area contributed by atoms with Crippen LogP contribution < -0.4 is 15.5 Å². The van der Waals surface area contributed by atoms with E-state index in [0.717, 1.165) is 43.8 Å². The van der Waals surface area contributed by atoms with Crippen molar-refractivity contribution in [2.75, 3.05) is 49.6 Å². The first-order valence-electron chi connectivity index (χ1n) is 12.4. The van der Waals surface area contributed by atoms with Crippen LogP contribution in [0.1, 0.15) is 24.1 Å². The number of rotatable bonds is 6. The van der Waals surface area contributed by atoms with Gasteiger partial charge in [0, 0.05) is 50.2 Å². The van der Waals surface area contributed by atoms with Crippen LogP contribution in [-0.4, -0.2) is 70.7 Å². The molecule has 13 heteroatoms. The fourth-order valence-corrected chi connectivity index (χ4v) is 4.92. The number of oxazole rings is 1. The summed E-state index contributed by atoms with van der Waals surface area (Å²) in [5.74, 6) is 0.310. The third-order valence-corrected chi connectivity index (χ3v) is 7.00. The van der Waals surface area contributed by atoms with Gasteiger partial charge in [-0.3, -0.25) is 9.69 Å². The fourth-order valence-electron chi connectivity index (χ4n) is 4.92. The summed E-state index contributed by atoms with van der Waals surface area (Å²) in [5, 5.41) is 5.82. The van der Waals surface area contributed by atoms with E-state index in [1.165, 1.54) is 0 Å². The van der Waals surface area contributed by atoms with Crippen molar-refractivity contribution in [3.05, 3.63) is 47.9 Å². The second-order valence-corrected chi connectivity index (χ2v) is 9.64. The van der Waals surface area contributed by atoms with Gasteiger partial charge >= 0.3 is 6.18 Å². The fraction of sp³-hybridized carbons (Fsp3) is 0.440. The van der Waals surface area contributed by atoms with E-state index in [4.69, 9.17) is 9.15 Å². The number of nitrogens with zero attached hydrogens (tertiary/aromatic N) is 5. The highest BCUT2D eigenvalue weighted by Gasteiger charge is 2.57. The molecule has 1 saturated carbocycles. The van der Waals surface area contributed by atoms with Gasteiger partial charge in [0.1, 0.15) is 11.2 Å². The molecule has 4 heterocycles. The lowest BCUT2D eigenvalue weighted by molar-refractivity contribution is -0.141. The van der Waals surface area contributed by atoms with Crippen molar-refractivity contribution >= 4 is 23.6 Å². The molecule has 3 aromatic rings. The smallest absolute Gasteiger partial charge is 0.423 e. The molecule has 0 bridgehead atoms. The molecule has 1 aliphatic carbocycles. The summed E-state index contributed by atoms with van der Waals surface area (Å²) in [4.78, 5) is 28.7. The lowest BCUT2D eigenvalue weighted by Crippen LogP contribution is -2.57. The Labute approximate surface area is 216 Å². The van der Waals surface area contributed by atoms with Crippen molar-refractivity contribution in [2.45, 2.75) is 31.1 Å². The standard InChI is InChI=1S/C25H26F3N7O3/c26-25(27,28)20-1-4-30-22(33-20)32-18-12-16(15-34-7-9-37-10-8-34)11-17(13-18)19-14-31-23(38-19)35-6-5-29-21(36)24(35)2-3-24/h1,4,11-14H,2-3,5-10,15H2,(H,29,36)(H,30,32,33). The topological polar surface area (TPSA) is 109 Å². The number of piperazine rings is 1. The van der Waals surface area contributed by atoms with Gasteiger partial charge in [0.2, 0.25) is 11.9 Å². The van der Waals surface area contributed by atoms with Crippen molar-refractivity contribution in [1.29, 1.82) is 0 Å². The molecule has 2 saturated heterocycles. The number of carbonyl (C=O) groups is 1. The monoisotopic (exact) mass is 529 g/mol. The Kier molecular flexibility index (Phi) is 6.19. The summed E-state index contributed by atoms with van der Waals surface area (Å²) < 4.78 is 51.1. The number of alkyl halides is 3. The molecular weight excluding hydrogens is 503 g/mol. The molecule has 2 N–H and O–H groups in total. The summed E-state index contributed by atoms with van der Waals surface area (Å²) in [6.45, 7) is 4.55. The molecule has 1 spiro atoms. The van der Waals surface area contributed by atoms with Crippen molar-refractivity contribution in [3.63, 3.8) is 0 Å². The number of halogens is 3. The van der Waals surface area contributed by atoms with Crippen LogP contribution in [0.3, 0.4) is 0 Å². The van der Waals surface area contributed by atoms with Gasteiger partial charge in [-0.15, -0.1) is 0 Å². The summed E-state index contributed by atoms with van der Waals surface area (Å²) in [5.41, 5.74) is 0.507. The molecule has 0 radical (unpaired) electrons. The van der Waals surface area contributed by atoms with E-state index >= 15 is 0 Å². The number of amides is 1. The number of morpholine rings is 1. The molecule has 10 nitrogen and oxygen atoms in total. The van der Waals surface area contributed by atoms with E-state index in [1.807, 2.05) is 17.0 Å². The van der Waals surface area contributed by atoms with Gasteiger partial charge in [0.25, 0.3) is 6.01 Å². The van der Waals surface area contributed by atoms with Crippen LogP contribution in [0.2, 0.25) is 0 Å². The zero-order chi connectivity index (χ0) is 26.3. The lowest BCUT2D eigenvalue weighted by Gasteiger charge is -2.34. The van der Waals surface area contributed by atoms with E-state index in [9.17, 15) is 18.0 Å². The van der Waals surface area contributed by atoms with E-state index in [2.05, 4.69) is 30.5 Å². The highest BCUT2D eigenvalue weighted by atomic mass is 19.4. The number of hydrogen-bond donors (Lipinski definition) is 2. The van der Waals surface area contributed by atoms with Gasteiger partial charge in [-0.2, -0.15) is 13.2 Å². The minimum absolute atomic E-state index is 0.0106. The van der Waals surface area contributed by atoms with Crippen molar-refractivity contribution in [3.8, 4) is 11.3 Å². The summed E-state index contributed by atoms with van der Waals surface area (Å²) in [6, 6.07) is 6.78. The minimum Gasteiger partial charge on any atom is -0.423 e. The summed E-state index contributed by atoms with van der Waals surface area (Å²) >= 11 is 0. The van der Waals surface area contributed by atoms with Crippen LogP contribution in [-0.2, 0) is 22.3 Å². The lowest BCUT2D eigenvalue weighted by atomic mass is 10.1. The summed E-state index contributed by atoms with van der Waals surface area (Å²) in [6.07, 6.45) is -0.408. The van der Waals surface area contributed by atoms with Gasteiger partial charge in [-0.1, -0.05) is 0 Å². The molecule has 0 atom stereocenters. The first-order valence-corrected chi connectivity index (χ1v) is 12.4. The van der Waals surface area contributed by atoms with Crippen LogP contribution in [0.25, 0.3) is 11.3 Å². The van der Waals surface area contributed by atoms with Crippen LogP contribution in [0.5, 0.6) is 0 Å². The summed E-state index contributed by atoms with van der Waals surface area (Å²) in [7, 11) is 0. The number of hydrogen-bond acceptors (Lipinski definition) is 9. The Balaban J connectivity index is 1.31. The molecule has 2 aliphatic heterocycles. The second kappa shape index (κ2) is 9.55. The van der Waals surface area contributed by atoms with Gasteiger partial charge in [0.15, 0.2) is 5.76 Å². The quantitative estimate of drug-likeness (QED) is 0.498. The Hall–Kier alpha value is -3.71. The maximum Gasteiger partial charge on any atom is 0.433 e. The van der Waals surface area contributed by atoms with Crippen LogP contribution in [0, 0.1) is 0 Å². The maximum atomic E-state index is 13.2. The zero-order valence-electron chi connectivity index (χ0n) is 20.4. The number of nitrogens with one attached hydrogen (secondary N) is 2. The molecule has 0 unspecified atom stereocenters. The molecule has 1 amide bonds. The van der Waals surface area contributed by atoms with Gasteiger partial charge < -0.3 is 24.7 Å². The molecule has 2 aromatic heterocycles. The largest absolute Gasteiger partial charge is 0.433 e. The number of benzene rings is 1. The molecule has 38 heavy (non-hydrogen) atoms. The molecular formula is C25H26F3N7O3. The van der Waals surface area contributed by atoms with Crippen LogP contribution in [0.4, 0.5) is 30.8 Å². The maximum absolute atomic E-state index is 13.2. The average molecular weight is 530 g/mol. The number of aromatic nitrogens is 3. The predicted molar refractivity (Wildman–Crippen MR) is 131 cm³/mol. The SMILES string of the molecule is O=C1NCCN(c2ncc(-c3cc(CN4CCOCC4)cc(Nc4nccc(C(F)(F)F)n4)c3)o2)C12CC2. The highest BCUT2D eigenvalue weighted by Crippen LogP contribution is 2.45. The third-order valence-electron chi connectivity index (χ3n) is 7.00. The van der Waals surface area contributed by atoms with Gasteiger partial charge in [-0.25, -0.2) is 15.0 Å². The normalized spacial score (nSPS) is 19.4. The van der Waals surface area contributed by atoms with E-state index in [-0.39, 0.29) is 11.9 Å². The molecule has 3 fully saturated rings. The van der Waals surface area contributed by atoms with Gasteiger partial charge in [0.05, 0.1) is 19.4 Å². The van der Waals surface area contributed by atoms with Crippen molar-refractivity contribution < 1.29 is 27.1 Å². The highest BCUT2D eigenvalue weighted by molar-refractivity contribution is 5.93. The molecule has 1 aromatic carbocycles. The Morgan fingerprint density at radius 3 is 2.68 bits per heavy atom. The first-order chi connectivity index (χ1) is 18.3. The zero-order valence-corrected chi connectivity index (χ0v) is 20.4. The Bertz CT molecular complexity index is 1340.